The summed E-state index contributed by atoms with van der Waals surface area (Å²) in [7, 11) is 0. The van der Waals surface area contributed by atoms with Gasteiger partial charge in [-0.25, -0.2) is 9.13 Å². The second-order valence-corrected chi connectivity index (χ2v) is 7.40. The van der Waals surface area contributed by atoms with Crippen LogP contribution in [0.1, 0.15) is 39.5 Å². The van der Waals surface area contributed by atoms with Crippen molar-refractivity contribution in [2.24, 2.45) is 0 Å². The number of anilines is 2. The summed E-state index contributed by atoms with van der Waals surface area (Å²) in [5.74, 6) is -1.02. The minimum absolute atomic E-state index is 0. The predicted octanol–water partition coefficient (Wildman–Crippen LogP) is -4.14. The highest BCUT2D eigenvalue weighted by Gasteiger charge is 2.10. The monoisotopic (exact) mass is 628 g/mol. The molecular weight excluding hydrogens is 600 g/mol. The number of esters is 2. The first-order valence-corrected chi connectivity index (χ1v) is 10.9. The van der Waals surface area contributed by atoms with E-state index in [1.165, 1.54) is 27.1 Å². The third-order valence-electron chi connectivity index (χ3n) is 4.40. The van der Waals surface area contributed by atoms with Gasteiger partial charge in [0.15, 0.2) is 37.9 Å². The van der Waals surface area contributed by atoms with Gasteiger partial charge >= 0.3 is 11.9 Å². The third kappa shape index (κ3) is 14.5. The van der Waals surface area contributed by atoms with Crippen LogP contribution in [-0.4, -0.2) is 23.8 Å². The summed E-state index contributed by atoms with van der Waals surface area (Å²) < 4.78 is 13.8. The number of halogens is 2. The maximum Gasteiger partial charge on any atom is 0.312 e. The molecule has 2 amide bonds. The number of pyridine rings is 2. The van der Waals surface area contributed by atoms with Gasteiger partial charge in [0.2, 0.25) is 11.8 Å². The second kappa shape index (κ2) is 18.4. The molecule has 2 aromatic heterocycles. The smallest absolute Gasteiger partial charge is 0.312 e. The number of nitrogens with one attached hydrogen (secondary N) is 2. The zero-order valence-electron chi connectivity index (χ0n) is 20.1. The summed E-state index contributed by atoms with van der Waals surface area (Å²) in [6.07, 6.45) is 8.32. The molecule has 12 heteroatoms. The van der Waals surface area contributed by atoms with Gasteiger partial charge in [0, 0.05) is 38.1 Å². The normalized spacial score (nSPS) is 9.72. The van der Waals surface area contributed by atoms with Crippen molar-refractivity contribution in [3.05, 3.63) is 62.3 Å². The first kappa shape index (κ1) is 33.1. The molecule has 2 radical (unpaired) electrons. The Balaban J connectivity index is 0.00000612. The molecule has 0 aromatic carbocycles. The average molecular weight is 630 g/mol. The summed E-state index contributed by atoms with van der Waals surface area (Å²) in [6.45, 7) is 6.56. The Labute approximate surface area is 231 Å². The largest absolute Gasteiger partial charge is 1.00 e. The molecule has 2 N–H and O–H groups in total. The quantitative estimate of drug-likeness (QED) is 0.132. The van der Waals surface area contributed by atoms with E-state index in [1.54, 1.807) is 49.1 Å². The number of ether oxygens (including phenoxy) is 2. The fourth-order valence-corrected chi connectivity index (χ4v) is 2.78. The second-order valence-electron chi connectivity index (χ2n) is 7.40. The molecule has 196 valence electrons. The van der Waals surface area contributed by atoms with Gasteiger partial charge in [0.05, 0.1) is 11.4 Å². The Kier molecular flexibility index (Phi) is 17.0. The lowest BCUT2D eigenvalue weighted by Crippen LogP contribution is -3.00. The summed E-state index contributed by atoms with van der Waals surface area (Å²) in [5, 5.41) is 5.35. The lowest BCUT2D eigenvalue weighted by molar-refractivity contribution is -0.696. The van der Waals surface area contributed by atoms with E-state index in [2.05, 4.69) is 10.6 Å². The van der Waals surface area contributed by atoms with E-state index in [0.29, 0.717) is 37.3 Å². The summed E-state index contributed by atoms with van der Waals surface area (Å²) in [5.41, 5.74) is 1.38. The van der Waals surface area contributed by atoms with E-state index in [-0.39, 0.29) is 70.6 Å². The molecule has 0 aliphatic rings. The van der Waals surface area contributed by atoms with Gasteiger partial charge in [-0.15, -0.1) is 0 Å². The number of unbranched alkanes of at least 4 members (excludes halogenated alkanes) is 1. The molecule has 0 fully saturated rings. The number of amides is 2. The molecular formula is C24H30Br2N4O6. The average Bonchev–Trinajstić information content (AvgIpc) is 2.79. The SMILES string of the molecule is CC(=O)Nc1cc[n+](CCC(=O)O[CH]CC[CH]OC(=O)CC[n+]2ccc(NC(C)=O)cc2)cc1.[Br-].[Br-]. The minimum Gasteiger partial charge on any atom is -1.00 e. The van der Waals surface area contributed by atoms with Crippen LogP contribution in [-0.2, 0) is 41.7 Å². The van der Waals surface area contributed by atoms with Crippen LogP contribution in [0.15, 0.2) is 49.1 Å². The van der Waals surface area contributed by atoms with Crippen LogP contribution in [0.3, 0.4) is 0 Å². The van der Waals surface area contributed by atoms with Crippen molar-refractivity contribution < 1.29 is 71.7 Å². The molecule has 2 aromatic rings. The molecule has 0 saturated carbocycles. The van der Waals surface area contributed by atoms with Crippen LogP contribution < -0.4 is 53.7 Å². The maximum atomic E-state index is 11.8. The number of hydrogen-bond donors (Lipinski definition) is 2. The van der Waals surface area contributed by atoms with E-state index < -0.39 is 0 Å². The molecule has 0 bridgehead atoms. The van der Waals surface area contributed by atoms with Crippen LogP contribution in [0.2, 0.25) is 0 Å². The van der Waals surface area contributed by atoms with Crippen molar-refractivity contribution in [3.63, 3.8) is 0 Å². The zero-order valence-corrected chi connectivity index (χ0v) is 23.3. The first-order chi connectivity index (χ1) is 16.3. The van der Waals surface area contributed by atoms with Gasteiger partial charge in [-0.1, -0.05) is 0 Å². The molecule has 0 saturated heterocycles. The van der Waals surface area contributed by atoms with Gasteiger partial charge in [-0.05, 0) is 12.8 Å². The van der Waals surface area contributed by atoms with Gasteiger partial charge in [-0.2, -0.15) is 0 Å². The molecule has 0 unspecified atom stereocenters. The van der Waals surface area contributed by atoms with Gasteiger partial charge < -0.3 is 54.1 Å². The number of aromatic nitrogens is 2. The van der Waals surface area contributed by atoms with E-state index in [0.717, 1.165) is 0 Å². The number of carbonyl (C=O) groups is 4. The van der Waals surface area contributed by atoms with Crippen LogP contribution >= 0.6 is 0 Å². The van der Waals surface area contributed by atoms with Crippen LogP contribution in [0.4, 0.5) is 11.4 Å². The molecule has 0 aliphatic carbocycles. The van der Waals surface area contributed by atoms with Crippen molar-refractivity contribution >= 4 is 35.1 Å². The number of aryl methyl sites for hydroxylation is 2. The highest BCUT2D eigenvalue weighted by atomic mass is 79.9. The van der Waals surface area contributed by atoms with Crippen molar-refractivity contribution in [3.8, 4) is 0 Å². The number of hydrogen-bond acceptors (Lipinski definition) is 6. The maximum absolute atomic E-state index is 11.8. The van der Waals surface area contributed by atoms with Crippen molar-refractivity contribution in [1.82, 2.24) is 0 Å². The van der Waals surface area contributed by atoms with Crippen LogP contribution in [0, 0.1) is 13.2 Å². The molecule has 2 rings (SSSR count). The first-order valence-electron chi connectivity index (χ1n) is 10.9. The lowest BCUT2D eigenvalue weighted by atomic mass is 10.3. The summed E-state index contributed by atoms with van der Waals surface area (Å²) in [4.78, 5) is 45.7. The molecule has 2 heterocycles. The van der Waals surface area contributed by atoms with Gasteiger partial charge in [0.1, 0.15) is 26.1 Å². The molecule has 0 atom stereocenters. The highest BCUT2D eigenvalue weighted by Crippen LogP contribution is 2.05. The van der Waals surface area contributed by atoms with E-state index in [4.69, 9.17) is 9.47 Å². The molecule has 10 nitrogen and oxygen atoms in total. The number of carbonyl (C=O) groups excluding carboxylic acids is 4. The summed E-state index contributed by atoms with van der Waals surface area (Å²) in [6, 6.07) is 6.99. The Hall–Kier alpha value is -2.86. The third-order valence-corrected chi connectivity index (χ3v) is 4.40. The molecule has 36 heavy (non-hydrogen) atoms. The fraction of sp³-hybridized carbons (Fsp3) is 0.333. The number of rotatable bonds is 13. The Morgan fingerprint density at radius 2 is 1.03 bits per heavy atom. The molecule has 0 aliphatic heterocycles. The van der Waals surface area contributed by atoms with Crippen LogP contribution in [0.5, 0.6) is 0 Å². The Morgan fingerprint density at radius 1 is 0.694 bits per heavy atom. The standard InChI is InChI=1S/C24H28N4O6.2BrH/c1-19(29)25-21-5-11-27(12-6-21)15-9-23(31)33-17-3-4-18-34-24(32)10-16-28-13-7-22(8-14-28)26-20(2)30;;/h5-8,11-14,17-18H,3-4,9-10,15-16H2,1-2H3;2*1H. The van der Waals surface area contributed by atoms with Crippen molar-refractivity contribution in [2.75, 3.05) is 10.6 Å². The van der Waals surface area contributed by atoms with Gasteiger partial charge in [0.25, 0.3) is 0 Å². The summed E-state index contributed by atoms with van der Waals surface area (Å²) >= 11 is 0. The van der Waals surface area contributed by atoms with Crippen LogP contribution in [0.25, 0.3) is 0 Å². The van der Waals surface area contributed by atoms with Crippen molar-refractivity contribution in [1.29, 1.82) is 0 Å². The highest BCUT2D eigenvalue weighted by molar-refractivity contribution is 5.88. The van der Waals surface area contributed by atoms with Gasteiger partial charge in [-0.3, -0.25) is 19.2 Å². The molecule has 0 spiro atoms. The fourth-order valence-electron chi connectivity index (χ4n) is 2.78. The number of nitrogens with zero attached hydrogens (tertiary/aromatic N) is 2. The lowest BCUT2D eigenvalue weighted by Gasteiger charge is -2.05. The van der Waals surface area contributed by atoms with E-state index in [1.807, 2.05) is 9.13 Å². The van der Waals surface area contributed by atoms with Crippen molar-refractivity contribution in [2.45, 2.75) is 52.6 Å². The predicted molar refractivity (Wildman–Crippen MR) is 121 cm³/mol. The zero-order chi connectivity index (χ0) is 24.8. The Morgan fingerprint density at radius 3 is 1.33 bits per heavy atom. The van der Waals surface area contributed by atoms with E-state index >= 15 is 0 Å². The minimum atomic E-state index is -0.364. The Bertz CT molecular complexity index is 892. The van der Waals surface area contributed by atoms with E-state index in [9.17, 15) is 19.2 Å². The topological polar surface area (TPSA) is 119 Å².